The highest BCUT2D eigenvalue weighted by Gasteiger charge is 2.58. The third-order valence-electron chi connectivity index (χ3n) is 8.92. The molecule has 0 bridgehead atoms. The van der Waals surface area contributed by atoms with Crippen molar-refractivity contribution >= 4 is 13.8 Å². The summed E-state index contributed by atoms with van der Waals surface area (Å²) < 4.78 is 22.3. The predicted octanol–water partition coefficient (Wildman–Crippen LogP) is 4.94. The molecule has 0 unspecified atom stereocenters. The van der Waals surface area contributed by atoms with E-state index in [0.717, 1.165) is 50.5 Å². The Morgan fingerprint density at radius 3 is 2.65 bits per heavy atom. The van der Waals surface area contributed by atoms with Crippen molar-refractivity contribution in [1.82, 2.24) is 0 Å². The average Bonchev–Trinajstić information content (AvgIpc) is 3.07. The number of fused-ring (bicyclic) bond motifs is 5. The summed E-state index contributed by atoms with van der Waals surface area (Å²) in [6.45, 7) is 8.42. The van der Waals surface area contributed by atoms with Crippen LogP contribution in [0.1, 0.15) is 83.3 Å². The number of phosphoric acid groups is 1. The second-order valence-corrected chi connectivity index (χ2v) is 12.5. The van der Waals surface area contributed by atoms with E-state index in [-0.39, 0.29) is 29.2 Å². The van der Waals surface area contributed by atoms with Gasteiger partial charge in [-0.05, 0) is 85.0 Å². The lowest BCUT2D eigenvalue weighted by Crippen LogP contribution is -2.49. The van der Waals surface area contributed by atoms with Crippen LogP contribution in [0.2, 0.25) is 0 Å². The highest BCUT2D eigenvalue weighted by atomic mass is 31.2. The fourth-order valence-corrected chi connectivity index (χ4v) is 7.64. The number of carbonyl (C=O) groups is 1. The highest BCUT2D eigenvalue weighted by molar-refractivity contribution is 7.46. The number of ether oxygens (including phenoxy) is 1. The molecule has 0 heterocycles. The molecule has 2 fully saturated rings. The molecule has 0 radical (unpaired) electrons. The van der Waals surface area contributed by atoms with Crippen LogP contribution in [0.25, 0.3) is 0 Å². The van der Waals surface area contributed by atoms with Gasteiger partial charge in [0.15, 0.2) is 0 Å². The molecular weight excluding hydrogens is 453 g/mol. The molecule has 7 atom stereocenters. The Bertz CT molecular complexity index is 961. The summed E-state index contributed by atoms with van der Waals surface area (Å²) in [6.07, 6.45) is 6.96. The van der Waals surface area contributed by atoms with Gasteiger partial charge in [0.1, 0.15) is 17.9 Å². The van der Waals surface area contributed by atoms with Gasteiger partial charge in [0.2, 0.25) is 0 Å². The molecule has 7 nitrogen and oxygen atoms in total. The quantitative estimate of drug-likeness (QED) is 0.364. The largest absolute Gasteiger partial charge is 0.524 e. The molecule has 3 aliphatic carbocycles. The van der Waals surface area contributed by atoms with Crippen LogP contribution in [0.3, 0.4) is 0 Å². The Kier molecular flexibility index (Phi) is 7.23. The number of esters is 1. The SMILES string of the molecule is CCC[C@@H]1Cc2cc(OP(=O)(O)O)ccc2[C@H]2CC[C@]3(C)[C@@H](OC(=O)[C@@H](N)C(C)C)CC[C@H]3[C@H]12. The van der Waals surface area contributed by atoms with Crippen molar-refractivity contribution < 1.29 is 28.4 Å². The van der Waals surface area contributed by atoms with E-state index in [1.807, 2.05) is 26.0 Å². The van der Waals surface area contributed by atoms with Gasteiger partial charge in [-0.1, -0.05) is 46.6 Å². The molecule has 0 spiro atoms. The molecule has 2 saturated carbocycles. The number of nitrogens with two attached hydrogens (primary N) is 1. The van der Waals surface area contributed by atoms with Crippen molar-refractivity contribution in [1.29, 1.82) is 0 Å². The van der Waals surface area contributed by atoms with Crippen LogP contribution in [0.5, 0.6) is 5.75 Å². The van der Waals surface area contributed by atoms with Gasteiger partial charge in [-0.2, -0.15) is 0 Å². The van der Waals surface area contributed by atoms with Gasteiger partial charge in [0, 0.05) is 5.41 Å². The van der Waals surface area contributed by atoms with Crippen molar-refractivity contribution in [3.8, 4) is 5.75 Å². The lowest BCUT2D eigenvalue weighted by Gasteiger charge is -2.53. The average molecular weight is 494 g/mol. The van der Waals surface area contributed by atoms with Crippen LogP contribution in [0.4, 0.5) is 0 Å². The first-order valence-corrected chi connectivity index (χ1v) is 14.3. The van der Waals surface area contributed by atoms with Gasteiger partial charge in [-0.3, -0.25) is 14.6 Å². The number of hydrogen-bond donors (Lipinski definition) is 3. The van der Waals surface area contributed by atoms with Crippen molar-refractivity contribution in [2.45, 2.75) is 90.7 Å². The van der Waals surface area contributed by atoms with Gasteiger partial charge < -0.3 is 15.0 Å². The van der Waals surface area contributed by atoms with Crippen molar-refractivity contribution in [3.05, 3.63) is 29.3 Å². The number of carbonyl (C=O) groups excluding carboxylic acids is 1. The van der Waals surface area contributed by atoms with Crippen molar-refractivity contribution in [2.75, 3.05) is 0 Å². The standard InChI is InChI=1S/C26H40NO6P/c1-5-6-16-13-17-14-18(33-34(29,30)31)7-8-19(17)20-11-12-26(4)21(23(16)20)9-10-22(26)32-25(28)24(27)15(2)3/h7-8,14-16,20-24H,5-6,9-13,27H2,1-4H3,(H2,29,30,31)/t16-,20-,21+,22+,23-,24+,26+/m1/s1. The lowest BCUT2D eigenvalue weighted by molar-refractivity contribution is -0.160. The zero-order chi connectivity index (χ0) is 24.8. The Balaban J connectivity index is 1.61. The molecule has 190 valence electrons. The van der Waals surface area contributed by atoms with E-state index in [9.17, 15) is 19.1 Å². The molecule has 0 aromatic heterocycles. The molecule has 8 heteroatoms. The molecule has 4 rings (SSSR count). The Morgan fingerprint density at radius 1 is 1.26 bits per heavy atom. The maximum absolute atomic E-state index is 12.7. The van der Waals surface area contributed by atoms with Crippen molar-refractivity contribution in [3.63, 3.8) is 0 Å². The van der Waals surface area contributed by atoms with Crippen molar-refractivity contribution in [2.24, 2.45) is 34.8 Å². The minimum absolute atomic E-state index is 0.0412. The summed E-state index contributed by atoms with van der Waals surface area (Å²) in [5.74, 6) is 1.91. The third kappa shape index (κ3) is 4.82. The molecule has 1 aromatic rings. The van der Waals surface area contributed by atoms with E-state index >= 15 is 0 Å². The maximum Gasteiger partial charge on any atom is 0.524 e. The van der Waals surface area contributed by atoms with E-state index in [1.54, 1.807) is 6.07 Å². The Hall–Kier alpha value is -1.40. The predicted molar refractivity (Wildman–Crippen MR) is 130 cm³/mol. The number of benzene rings is 1. The third-order valence-corrected chi connectivity index (χ3v) is 9.37. The number of phosphoric ester groups is 1. The highest BCUT2D eigenvalue weighted by Crippen LogP contribution is 2.63. The van der Waals surface area contributed by atoms with Crippen LogP contribution in [-0.4, -0.2) is 27.9 Å². The van der Waals surface area contributed by atoms with Crippen LogP contribution < -0.4 is 10.3 Å². The fraction of sp³-hybridized carbons (Fsp3) is 0.731. The Labute approximate surface area is 203 Å². The molecule has 1 aromatic carbocycles. The molecule has 0 saturated heterocycles. The number of hydrogen-bond acceptors (Lipinski definition) is 5. The van der Waals surface area contributed by atoms with Gasteiger partial charge >= 0.3 is 13.8 Å². The van der Waals surface area contributed by atoms with Gasteiger partial charge in [0.05, 0.1) is 0 Å². The molecular formula is C26H40NO6P. The number of rotatable bonds is 7. The molecule has 0 aliphatic heterocycles. The summed E-state index contributed by atoms with van der Waals surface area (Å²) >= 11 is 0. The Morgan fingerprint density at radius 2 is 2.00 bits per heavy atom. The van der Waals surface area contributed by atoms with Crippen LogP contribution in [0, 0.1) is 29.1 Å². The smallest absolute Gasteiger partial charge is 0.461 e. The first kappa shape index (κ1) is 25.7. The van der Waals surface area contributed by atoms with E-state index in [2.05, 4.69) is 13.8 Å². The van der Waals surface area contributed by atoms with Gasteiger partial charge in [0.25, 0.3) is 0 Å². The summed E-state index contributed by atoms with van der Waals surface area (Å²) in [4.78, 5) is 31.1. The van der Waals surface area contributed by atoms with Gasteiger partial charge in [-0.15, -0.1) is 0 Å². The summed E-state index contributed by atoms with van der Waals surface area (Å²) in [7, 11) is -4.59. The summed E-state index contributed by atoms with van der Waals surface area (Å²) in [5, 5.41) is 0. The van der Waals surface area contributed by atoms with E-state index in [0.29, 0.717) is 23.7 Å². The van der Waals surface area contributed by atoms with E-state index in [1.165, 1.54) is 5.56 Å². The minimum Gasteiger partial charge on any atom is -0.461 e. The molecule has 34 heavy (non-hydrogen) atoms. The van der Waals surface area contributed by atoms with Crippen LogP contribution in [0.15, 0.2) is 18.2 Å². The summed E-state index contributed by atoms with van der Waals surface area (Å²) in [5.41, 5.74) is 8.49. The van der Waals surface area contributed by atoms with Crippen LogP contribution in [-0.2, 0) is 20.5 Å². The molecule has 0 amide bonds. The molecule has 3 aliphatic rings. The van der Waals surface area contributed by atoms with E-state index in [4.69, 9.17) is 15.0 Å². The van der Waals surface area contributed by atoms with E-state index < -0.39 is 13.9 Å². The van der Waals surface area contributed by atoms with Gasteiger partial charge in [-0.25, -0.2) is 4.57 Å². The maximum atomic E-state index is 12.7. The van der Waals surface area contributed by atoms with Crippen LogP contribution >= 0.6 is 7.82 Å². The first-order valence-electron chi connectivity index (χ1n) is 12.8. The second kappa shape index (κ2) is 9.57. The zero-order valence-corrected chi connectivity index (χ0v) is 21.7. The lowest BCUT2D eigenvalue weighted by atomic mass is 9.52. The monoisotopic (exact) mass is 493 g/mol. The normalized spacial score (nSPS) is 33.6. The topological polar surface area (TPSA) is 119 Å². The zero-order valence-electron chi connectivity index (χ0n) is 20.8. The molecule has 4 N–H and O–H groups in total. The second-order valence-electron chi connectivity index (χ2n) is 11.3. The first-order chi connectivity index (χ1) is 15.9. The minimum atomic E-state index is -4.59. The fourth-order valence-electron chi connectivity index (χ4n) is 7.25. The summed E-state index contributed by atoms with van der Waals surface area (Å²) in [6, 6.07) is 4.94.